The molecule has 1 saturated heterocycles. The minimum absolute atomic E-state index is 0.0396. The van der Waals surface area contributed by atoms with Crippen LogP contribution in [-0.4, -0.2) is 61.2 Å². The number of pyridine rings is 1. The van der Waals surface area contributed by atoms with E-state index in [1.54, 1.807) is 19.2 Å². The Balaban J connectivity index is 1.59. The van der Waals surface area contributed by atoms with Crippen molar-refractivity contribution >= 4 is 11.8 Å². The van der Waals surface area contributed by atoms with E-state index in [0.717, 1.165) is 37.9 Å². The molecule has 2 heterocycles. The molecule has 2 N–H and O–H groups in total. The number of ether oxygens (including phenoxy) is 1. The zero-order valence-corrected chi connectivity index (χ0v) is 20.8. The highest BCUT2D eigenvalue weighted by atomic mass is 16.5. The average molecular weight is 467 g/mol. The van der Waals surface area contributed by atoms with Crippen molar-refractivity contribution in [2.45, 2.75) is 52.1 Å². The van der Waals surface area contributed by atoms with Crippen LogP contribution in [0.1, 0.15) is 78.1 Å². The van der Waals surface area contributed by atoms with Gasteiger partial charge in [-0.05, 0) is 56.7 Å². The Morgan fingerprint density at radius 1 is 1.09 bits per heavy atom. The van der Waals surface area contributed by atoms with Crippen LogP contribution in [-0.2, 0) is 4.74 Å². The highest BCUT2D eigenvalue weighted by Crippen LogP contribution is 2.24. The zero-order chi connectivity index (χ0) is 24.5. The molecule has 1 aliphatic heterocycles. The average Bonchev–Trinajstić information content (AvgIpc) is 2.87. The van der Waals surface area contributed by atoms with E-state index in [2.05, 4.69) is 34.4 Å². The number of carbonyl (C=O) groups excluding carboxylic acids is 2. The van der Waals surface area contributed by atoms with Crippen molar-refractivity contribution in [3.8, 4) is 0 Å². The van der Waals surface area contributed by atoms with Crippen molar-refractivity contribution in [2.24, 2.45) is 5.92 Å². The van der Waals surface area contributed by atoms with Crippen molar-refractivity contribution in [2.75, 3.05) is 33.4 Å². The number of rotatable bonds is 10. The van der Waals surface area contributed by atoms with E-state index in [4.69, 9.17) is 4.74 Å². The quantitative estimate of drug-likeness (QED) is 0.556. The Hall–Kier alpha value is -2.77. The van der Waals surface area contributed by atoms with Gasteiger partial charge in [0.25, 0.3) is 11.8 Å². The second-order valence-electron chi connectivity index (χ2n) is 9.33. The minimum Gasteiger partial charge on any atom is -0.363 e. The maximum atomic E-state index is 13.0. The van der Waals surface area contributed by atoms with Crippen molar-refractivity contribution in [1.82, 2.24) is 20.5 Å². The van der Waals surface area contributed by atoms with Gasteiger partial charge in [-0.2, -0.15) is 0 Å². The largest absolute Gasteiger partial charge is 0.363 e. The summed E-state index contributed by atoms with van der Waals surface area (Å²) in [6.45, 7) is 9.53. The van der Waals surface area contributed by atoms with Gasteiger partial charge in [0.1, 0.15) is 5.69 Å². The molecule has 7 heteroatoms. The van der Waals surface area contributed by atoms with Crippen molar-refractivity contribution < 1.29 is 14.3 Å². The van der Waals surface area contributed by atoms with Gasteiger partial charge < -0.3 is 15.4 Å². The molecule has 2 aromatic rings. The lowest BCUT2D eigenvalue weighted by Gasteiger charge is -2.32. The first-order valence-corrected chi connectivity index (χ1v) is 12.3. The molecule has 0 bridgehead atoms. The highest BCUT2D eigenvalue weighted by Gasteiger charge is 2.21. The molecule has 0 radical (unpaired) electrons. The Morgan fingerprint density at radius 3 is 2.44 bits per heavy atom. The van der Waals surface area contributed by atoms with Crippen LogP contribution in [0, 0.1) is 5.92 Å². The number of likely N-dealkylation sites (tertiary alicyclic amines) is 1. The first-order chi connectivity index (χ1) is 16.4. The van der Waals surface area contributed by atoms with Crippen LogP contribution in [0.15, 0.2) is 42.5 Å². The summed E-state index contributed by atoms with van der Waals surface area (Å²) in [7, 11) is 1.57. The number of hydrogen-bond acceptors (Lipinski definition) is 5. The molecule has 1 aliphatic rings. The molecule has 0 saturated carbocycles. The van der Waals surface area contributed by atoms with Gasteiger partial charge in [0.05, 0.1) is 12.8 Å². The molecule has 2 amide bonds. The van der Waals surface area contributed by atoms with Crippen LogP contribution in [0.5, 0.6) is 0 Å². The van der Waals surface area contributed by atoms with Crippen LogP contribution < -0.4 is 10.6 Å². The smallest absolute Gasteiger partial charge is 0.269 e. The standard InChI is InChI=1S/C27H38N4O3/c1-19(2)34-18-31-14-11-21(12-15-31)10-13-29-26(32)23-16-24(30-25(17-23)27(33)28-4)20(3)22-8-6-5-7-9-22/h5-9,16-17,19-21H,10-15,18H2,1-4H3,(H,28,33)(H,29,32). The van der Waals surface area contributed by atoms with Crippen molar-refractivity contribution in [3.05, 3.63) is 65.0 Å². The van der Waals surface area contributed by atoms with Gasteiger partial charge >= 0.3 is 0 Å². The molecule has 1 aromatic heterocycles. The van der Waals surface area contributed by atoms with Crippen molar-refractivity contribution in [1.29, 1.82) is 0 Å². The third kappa shape index (κ3) is 7.37. The van der Waals surface area contributed by atoms with Gasteiger partial charge in [0.15, 0.2) is 0 Å². The van der Waals surface area contributed by atoms with E-state index in [0.29, 0.717) is 30.5 Å². The predicted octanol–water partition coefficient (Wildman–Crippen LogP) is 3.81. The third-order valence-corrected chi connectivity index (χ3v) is 6.45. The van der Waals surface area contributed by atoms with E-state index in [1.807, 2.05) is 37.3 Å². The Bertz CT molecular complexity index is 940. The van der Waals surface area contributed by atoms with Gasteiger partial charge in [-0.15, -0.1) is 0 Å². The van der Waals surface area contributed by atoms with E-state index in [1.165, 1.54) is 0 Å². The SMILES string of the molecule is CNC(=O)c1cc(C(=O)NCCC2CCN(COC(C)C)CC2)cc(C(C)c2ccccc2)n1. The summed E-state index contributed by atoms with van der Waals surface area (Å²) < 4.78 is 5.70. The Labute approximate surface area is 203 Å². The van der Waals surface area contributed by atoms with E-state index in [9.17, 15) is 9.59 Å². The van der Waals surface area contributed by atoms with E-state index >= 15 is 0 Å². The van der Waals surface area contributed by atoms with E-state index in [-0.39, 0.29) is 29.5 Å². The molecule has 3 rings (SSSR count). The summed E-state index contributed by atoms with van der Waals surface area (Å²) in [5.41, 5.74) is 2.50. The molecule has 1 fully saturated rings. The fourth-order valence-electron chi connectivity index (χ4n) is 4.21. The van der Waals surface area contributed by atoms with Crippen LogP contribution in [0.4, 0.5) is 0 Å². The number of hydrogen-bond donors (Lipinski definition) is 2. The monoisotopic (exact) mass is 466 g/mol. The molecular formula is C27H38N4O3. The third-order valence-electron chi connectivity index (χ3n) is 6.45. The van der Waals surface area contributed by atoms with Gasteiger partial charge in [-0.25, -0.2) is 4.98 Å². The normalized spacial score (nSPS) is 15.8. The number of benzene rings is 1. The van der Waals surface area contributed by atoms with Crippen LogP contribution in [0.25, 0.3) is 0 Å². The highest BCUT2D eigenvalue weighted by molar-refractivity contribution is 5.98. The molecule has 0 spiro atoms. The first-order valence-electron chi connectivity index (χ1n) is 12.3. The summed E-state index contributed by atoms with van der Waals surface area (Å²) in [5, 5.41) is 5.66. The van der Waals surface area contributed by atoms with Crippen LogP contribution >= 0.6 is 0 Å². The summed E-state index contributed by atoms with van der Waals surface area (Å²) >= 11 is 0. The second kappa shape index (κ2) is 12.6. The lowest BCUT2D eigenvalue weighted by Crippen LogP contribution is -2.37. The zero-order valence-electron chi connectivity index (χ0n) is 20.8. The van der Waals surface area contributed by atoms with Gasteiger partial charge in [0.2, 0.25) is 0 Å². The van der Waals surface area contributed by atoms with Crippen LogP contribution in [0.3, 0.4) is 0 Å². The van der Waals surface area contributed by atoms with Gasteiger partial charge in [-0.3, -0.25) is 14.5 Å². The summed E-state index contributed by atoms with van der Waals surface area (Å²) in [5.74, 6) is 0.0894. The number of aromatic nitrogens is 1. The molecule has 34 heavy (non-hydrogen) atoms. The molecule has 184 valence electrons. The Kier molecular flexibility index (Phi) is 9.60. The number of piperidine rings is 1. The minimum atomic E-state index is -0.302. The maximum absolute atomic E-state index is 13.0. The second-order valence-corrected chi connectivity index (χ2v) is 9.33. The number of amides is 2. The Morgan fingerprint density at radius 2 is 1.79 bits per heavy atom. The molecule has 7 nitrogen and oxygen atoms in total. The molecule has 1 aromatic carbocycles. The molecule has 1 unspecified atom stereocenters. The first kappa shape index (κ1) is 25.8. The fourth-order valence-corrected chi connectivity index (χ4v) is 4.21. The topological polar surface area (TPSA) is 83.6 Å². The lowest BCUT2D eigenvalue weighted by molar-refractivity contribution is -0.0200. The summed E-state index contributed by atoms with van der Waals surface area (Å²) in [6, 6.07) is 13.3. The number of nitrogens with zero attached hydrogens (tertiary/aromatic N) is 2. The van der Waals surface area contributed by atoms with Gasteiger partial charge in [-0.1, -0.05) is 37.3 Å². The summed E-state index contributed by atoms with van der Waals surface area (Å²) in [4.78, 5) is 32.2. The van der Waals surface area contributed by atoms with Crippen molar-refractivity contribution in [3.63, 3.8) is 0 Å². The molecule has 1 atom stereocenters. The summed E-state index contributed by atoms with van der Waals surface area (Å²) in [6.07, 6.45) is 3.44. The molecule has 0 aliphatic carbocycles. The predicted molar refractivity (Wildman–Crippen MR) is 134 cm³/mol. The lowest BCUT2D eigenvalue weighted by atomic mass is 9.93. The maximum Gasteiger partial charge on any atom is 0.269 e. The fraction of sp³-hybridized carbons (Fsp3) is 0.519. The van der Waals surface area contributed by atoms with Gasteiger partial charge in [0, 0.05) is 43.9 Å². The number of carbonyl (C=O) groups is 2. The van der Waals surface area contributed by atoms with E-state index < -0.39 is 0 Å². The molecular weight excluding hydrogens is 428 g/mol. The number of nitrogens with one attached hydrogen (secondary N) is 2. The van der Waals surface area contributed by atoms with Crippen LogP contribution in [0.2, 0.25) is 0 Å².